The van der Waals surface area contributed by atoms with Gasteiger partial charge < -0.3 is 0 Å². The summed E-state index contributed by atoms with van der Waals surface area (Å²) in [6, 6.07) is 8.26. The molecular formula is C17H13ClF2N2OS. The lowest BCUT2D eigenvalue weighted by Gasteiger charge is -2.16. The van der Waals surface area contributed by atoms with Gasteiger partial charge in [-0.25, -0.2) is 13.8 Å². The quantitative estimate of drug-likeness (QED) is 0.764. The first-order chi connectivity index (χ1) is 11.5. The van der Waals surface area contributed by atoms with Gasteiger partial charge in [0.1, 0.15) is 11.6 Å². The topological polar surface area (TPSA) is 32.7 Å². The third kappa shape index (κ3) is 3.30. The Kier molecular flexibility index (Phi) is 4.87. The minimum Gasteiger partial charge on any atom is -0.286 e. The Morgan fingerprint density at radius 1 is 1.29 bits per heavy atom. The Balaban J connectivity index is 1.94. The first kappa shape index (κ1) is 16.9. The van der Waals surface area contributed by atoms with Crippen LogP contribution in [0.4, 0.5) is 14.5 Å². The van der Waals surface area contributed by atoms with E-state index in [0.717, 1.165) is 17.7 Å². The van der Waals surface area contributed by atoms with Crippen molar-refractivity contribution >= 4 is 40.1 Å². The lowest BCUT2D eigenvalue weighted by Crippen LogP contribution is -2.32. The molecule has 0 unspecified atom stereocenters. The number of hydrogen-bond acceptors (Lipinski definition) is 3. The minimum atomic E-state index is -0.879. The average molecular weight is 367 g/mol. The van der Waals surface area contributed by atoms with Gasteiger partial charge in [-0.2, -0.15) is 0 Å². The molecule has 0 N–H and O–H groups in total. The Labute approximate surface area is 147 Å². The van der Waals surface area contributed by atoms with Crippen LogP contribution < -0.4 is 0 Å². The number of carbonyl (C=O) groups is 1. The second-order valence-corrected chi connectivity index (χ2v) is 6.68. The number of aliphatic imine (C=N–C) groups is 1. The smallest absolute Gasteiger partial charge is 0.262 e. The zero-order chi connectivity index (χ0) is 17.3. The molecule has 0 radical (unpaired) electrons. The Morgan fingerprint density at radius 3 is 2.83 bits per heavy atom. The van der Waals surface area contributed by atoms with Crippen molar-refractivity contribution in [1.82, 2.24) is 4.90 Å². The van der Waals surface area contributed by atoms with Gasteiger partial charge in [-0.3, -0.25) is 9.69 Å². The van der Waals surface area contributed by atoms with Crippen molar-refractivity contribution in [1.29, 1.82) is 0 Å². The van der Waals surface area contributed by atoms with Gasteiger partial charge in [-0.1, -0.05) is 29.4 Å². The lowest BCUT2D eigenvalue weighted by molar-refractivity contribution is 0.0855. The normalized spacial score (nSPS) is 16.0. The molecule has 1 aliphatic heterocycles. The molecule has 1 saturated heterocycles. The van der Waals surface area contributed by atoms with E-state index >= 15 is 0 Å². The van der Waals surface area contributed by atoms with Gasteiger partial charge in [0.05, 0.1) is 11.3 Å². The van der Waals surface area contributed by atoms with Gasteiger partial charge in [-0.05, 0) is 36.8 Å². The molecule has 0 aliphatic carbocycles. The van der Waals surface area contributed by atoms with Crippen molar-refractivity contribution in [3.8, 4) is 0 Å². The summed E-state index contributed by atoms with van der Waals surface area (Å²) in [5, 5.41) is 1.07. The van der Waals surface area contributed by atoms with Crippen molar-refractivity contribution in [2.24, 2.45) is 4.99 Å². The molecule has 0 bridgehead atoms. The van der Waals surface area contributed by atoms with Gasteiger partial charge in [-0.15, -0.1) is 0 Å². The van der Waals surface area contributed by atoms with Crippen LogP contribution >= 0.6 is 23.4 Å². The summed E-state index contributed by atoms with van der Waals surface area (Å²) in [6.07, 6.45) is 0. The second-order valence-electron chi connectivity index (χ2n) is 5.21. The molecular weight excluding hydrogens is 354 g/mol. The molecule has 2 aromatic carbocycles. The van der Waals surface area contributed by atoms with E-state index in [1.165, 1.54) is 16.7 Å². The second kappa shape index (κ2) is 6.91. The molecule has 1 fully saturated rings. The first-order valence-electron chi connectivity index (χ1n) is 7.21. The molecule has 3 rings (SSSR count). The summed E-state index contributed by atoms with van der Waals surface area (Å²) < 4.78 is 26.9. The standard InChI is InChI=1S/C17H13ClF2N2OS/c1-10-13(18)3-2-4-15(10)21-17-22(7-8-24-17)16(23)12-6-5-11(19)9-14(12)20/h2-6,9H,7-8H2,1H3. The Bertz CT molecular complexity index is 841. The molecule has 0 spiro atoms. The van der Waals surface area contributed by atoms with Crippen molar-refractivity contribution in [3.63, 3.8) is 0 Å². The predicted molar refractivity (Wildman–Crippen MR) is 93.1 cm³/mol. The van der Waals surface area contributed by atoms with E-state index in [2.05, 4.69) is 4.99 Å². The SMILES string of the molecule is Cc1c(Cl)cccc1N=C1SCCN1C(=O)c1ccc(F)cc1F. The van der Waals surface area contributed by atoms with E-state index in [1.54, 1.807) is 18.2 Å². The van der Waals surface area contributed by atoms with E-state index < -0.39 is 17.5 Å². The number of benzene rings is 2. The van der Waals surface area contributed by atoms with E-state index in [1.807, 2.05) is 6.92 Å². The Hall–Kier alpha value is -1.92. The van der Waals surface area contributed by atoms with Gasteiger partial charge in [0.15, 0.2) is 5.17 Å². The summed E-state index contributed by atoms with van der Waals surface area (Å²) >= 11 is 7.50. The predicted octanol–water partition coefficient (Wildman–Crippen LogP) is 4.80. The Morgan fingerprint density at radius 2 is 2.08 bits per heavy atom. The van der Waals surface area contributed by atoms with E-state index in [0.29, 0.717) is 34.2 Å². The van der Waals surface area contributed by atoms with Crippen molar-refractivity contribution in [2.75, 3.05) is 12.3 Å². The maximum atomic E-state index is 13.9. The molecule has 1 amide bonds. The van der Waals surface area contributed by atoms with E-state index in [9.17, 15) is 13.6 Å². The molecule has 2 aromatic rings. The van der Waals surface area contributed by atoms with Crippen LogP contribution in [-0.4, -0.2) is 28.3 Å². The number of hydrogen-bond donors (Lipinski definition) is 0. The lowest BCUT2D eigenvalue weighted by atomic mass is 10.2. The van der Waals surface area contributed by atoms with E-state index in [-0.39, 0.29) is 5.56 Å². The maximum absolute atomic E-state index is 13.9. The van der Waals surface area contributed by atoms with Crippen molar-refractivity contribution < 1.29 is 13.6 Å². The molecule has 124 valence electrons. The number of rotatable bonds is 2. The largest absolute Gasteiger partial charge is 0.286 e. The van der Waals surface area contributed by atoms with Crippen LogP contribution in [0.25, 0.3) is 0 Å². The summed E-state index contributed by atoms with van der Waals surface area (Å²) in [5.41, 5.74) is 1.29. The zero-order valence-electron chi connectivity index (χ0n) is 12.7. The minimum absolute atomic E-state index is 0.172. The fourth-order valence-corrected chi connectivity index (χ4v) is 3.43. The van der Waals surface area contributed by atoms with Crippen molar-refractivity contribution in [2.45, 2.75) is 6.92 Å². The monoisotopic (exact) mass is 366 g/mol. The summed E-state index contributed by atoms with van der Waals surface area (Å²) in [7, 11) is 0. The third-order valence-electron chi connectivity index (χ3n) is 3.64. The van der Waals surface area contributed by atoms with Crippen LogP contribution in [0.1, 0.15) is 15.9 Å². The van der Waals surface area contributed by atoms with Crippen LogP contribution in [0, 0.1) is 18.6 Å². The number of thioether (sulfide) groups is 1. The number of nitrogens with zero attached hydrogens (tertiary/aromatic N) is 2. The molecule has 0 atom stereocenters. The highest BCUT2D eigenvalue weighted by Gasteiger charge is 2.28. The molecule has 24 heavy (non-hydrogen) atoms. The average Bonchev–Trinajstić information content (AvgIpc) is 2.99. The maximum Gasteiger partial charge on any atom is 0.262 e. The number of carbonyl (C=O) groups excluding carboxylic acids is 1. The molecule has 0 saturated carbocycles. The highest BCUT2D eigenvalue weighted by molar-refractivity contribution is 8.14. The van der Waals surface area contributed by atoms with Crippen LogP contribution in [0.3, 0.4) is 0 Å². The fourth-order valence-electron chi connectivity index (χ4n) is 2.31. The molecule has 0 aromatic heterocycles. The summed E-state index contributed by atoms with van der Waals surface area (Å²) in [6.45, 7) is 2.26. The van der Waals surface area contributed by atoms with Crippen LogP contribution in [0.2, 0.25) is 5.02 Å². The summed E-state index contributed by atoms with van der Waals surface area (Å²) in [4.78, 5) is 18.5. The first-order valence-corrected chi connectivity index (χ1v) is 8.57. The summed E-state index contributed by atoms with van der Waals surface area (Å²) in [5.74, 6) is -1.47. The molecule has 3 nitrogen and oxygen atoms in total. The van der Waals surface area contributed by atoms with Gasteiger partial charge in [0.25, 0.3) is 5.91 Å². The van der Waals surface area contributed by atoms with Crippen molar-refractivity contribution in [3.05, 3.63) is 64.2 Å². The van der Waals surface area contributed by atoms with Gasteiger partial charge >= 0.3 is 0 Å². The van der Waals surface area contributed by atoms with Crippen LogP contribution in [0.15, 0.2) is 41.4 Å². The number of halogens is 3. The fraction of sp³-hybridized carbons (Fsp3) is 0.176. The number of amides is 1. The number of amidine groups is 1. The van der Waals surface area contributed by atoms with Gasteiger partial charge in [0, 0.05) is 23.4 Å². The highest BCUT2D eigenvalue weighted by atomic mass is 35.5. The van der Waals surface area contributed by atoms with E-state index in [4.69, 9.17) is 11.6 Å². The zero-order valence-corrected chi connectivity index (χ0v) is 14.3. The van der Waals surface area contributed by atoms with Crippen LogP contribution in [-0.2, 0) is 0 Å². The highest BCUT2D eigenvalue weighted by Crippen LogP contribution is 2.29. The van der Waals surface area contributed by atoms with Gasteiger partial charge in [0.2, 0.25) is 0 Å². The molecule has 1 aliphatic rings. The molecule has 1 heterocycles. The van der Waals surface area contributed by atoms with Crippen LogP contribution in [0.5, 0.6) is 0 Å². The molecule has 7 heteroatoms. The third-order valence-corrected chi connectivity index (χ3v) is 5.00.